The number of nitrogen functional groups attached to an aromatic ring is 1. The third-order valence-corrected chi connectivity index (χ3v) is 5.26. The van der Waals surface area contributed by atoms with Crippen molar-refractivity contribution in [1.82, 2.24) is 25.3 Å². The van der Waals surface area contributed by atoms with Crippen LogP contribution >= 0.6 is 0 Å². The first-order valence-electron chi connectivity index (χ1n) is 9.47. The van der Waals surface area contributed by atoms with Gasteiger partial charge in [0.25, 0.3) is 0 Å². The summed E-state index contributed by atoms with van der Waals surface area (Å²) in [6, 6.07) is 4.98. The molecule has 13 nitrogen and oxygen atoms in total. The number of nitrogens with zero attached hydrogens (tertiary/aromatic N) is 4. The van der Waals surface area contributed by atoms with Crippen molar-refractivity contribution in [3.05, 3.63) is 52.1 Å². The number of rotatable bonds is 9. The Balaban J connectivity index is 1.68. The van der Waals surface area contributed by atoms with Gasteiger partial charge >= 0.3 is 194 Å². The van der Waals surface area contributed by atoms with Crippen LogP contribution < -0.4 is 20.5 Å². The maximum absolute atomic E-state index is 12.4. The van der Waals surface area contributed by atoms with E-state index in [1.54, 1.807) is 16.0 Å². The molecule has 1 aromatic carbocycles. The van der Waals surface area contributed by atoms with Crippen molar-refractivity contribution >= 4 is 56.9 Å². The van der Waals surface area contributed by atoms with Crippen molar-refractivity contribution in [2.24, 2.45) is 0 Å². The molecule has 2 aromatic heterocycles. The summed E-state index contributed by atoms with van der Waals surface area (Å²) in [6.45, 7) is 0.272. The van der Waals surface area contributed by atoms with Gasteiger partial charge in [-0.25, -0.2) is 0 Å². The monoisotopic (exact) mass is 521 g/mol. The number of aliphatic carboxylic acids is 2. The fourth-order valence-electron chi connectivity index (χ4n) is 2.85. The second-order valence-electron chi connectivity index (χ2n) is 6.89. The van der Waals surface area contributed by atoms with E-state index in [9.17, 15) is 24.3 Å². The number of fused-ring (bicyclic) bond motifs is 1. The summed E-state index contributed by atoms with van der Waals surface area (Å²) in [4.78, 5) is 60.9. The predicted octanol–water partition coefficient (Wildman–Crippen LogP) is -0.834. The Hall–Kier alpha value is -4.03. The first-order valence-corrected chi connectivity index (χ1v) is 10.3. The number of H-pyrrole nitrogens is 1. The average molecular weight is 520 g/mol. The number of benzene rings is 1. The van der Waals surface area contributed by atoms with Gasteiger partial charge in [0.05, 0.1) is 0 Å². The number of aromatic nitrogens is 4. The van der Waals surface area contributed by atoms with Crippen LogP contribution in [0, 0.1) is 0 Å². The number of hydrogen-bond donors (Lipinski definition) is 5. The number of amides is 1. The Morgan fingerprint density at radius 1 is 1.18 bits per heavy atom. The summed E-state index contributed by atoms with van der Waals surface area (Å²) in [5.41, 5.74) is 6.59. The normalized spacial score (nSPS) is 11.7. The van der Waals surface area contributed by atoms with Crippen LogP contribution in [-0.4, -0.2) is 70.3 Å². The van der Waals surface area contributed by atoms with Crippen LogP contribution in [0.1, 0.15) is 28.9 Å². The topological polar surface area (TPSA) is 204 Å². The van der Waals surface area contributed by atoms with E-state index in [1.165, 1.54) is 18.3 Å². The first-order chi connectivity index (χ1) is 15.6. The molecule has 3 rings (SSSR count). The number of carbonyl (C=O) groups is 3. The zero-order valence-corrected chi connectivity index (χ0v) is 18.8. The zero-order chi connectivity index (χ0) is 24.1. The van der Waals surface area contributed by atoms with E-state index < -0.39 is 29.4 Å². The molecule has 172 valence electrons. The number of anilines is 2. The molecule has 0 bridgehead atoms. The van der Waals surface area contributed by atoms with Crippen LogP contribution in [0.4, 0.5) is 11.6 Å². The van der Waals surface area contributed by atoms with E-state index in [0.29, 0.717) is 11.4 Å². The molecule has 0 fully saturated rings. The van der Waals surface area contributed by atoms with Crippen LogP contribution in [-0.2, 0) is 16.1 Å². The minimum atomic E-state index is -1.31. The van der Waals surface area contributed by atoms with Gasteiger partial charge in [-0.05, 0) is 0 Å². The molecule has 6 N–H and O–H groups in total. The van der Waals surface area contributed by atoms with Crippen LogP contribution in [0.5, 0.6) is 0 Å². The molecule has 0 aliphatic carbocycles. The molecular formula is C19H19N7O6Se. The molecule has 1 amide bonds. The molecule has 33 heavy (non-hydrogen) atoms. The van der Waals surface area contributed by atoms with Crippen LogP contribution in [0.3, 0.4) is 0 Å². The molecule has 0 saturated carbocycles. The third-order valence-electron chi connectivity index (χ3n) is 4.48. The first kappa shape index (κ1) is 23.6. The molecule has 0 aliphatic rings. The number of carbonyl (C=O) groups excluding carboxylic acids is 1. The van der Waals surface area contributed by atoms with Crippen LogP contribution in [0.2, 0.25) is 0 Å². The molecule has 0 spiro atoms. The minimum absolute atomic E-state index is 0.0518. The summed E-state index contributed by atoms with van der Waals surface area (Å²) in [5.74, 6) is -3.15. The summed E-state index contributed by atoms with van der Waals surface area (Å²) < 4.78 is 1.75. The molecule has 1 atom stereocenters. The molecule has 14 heteroatoms. The van der Waals surface area contributed by atoms with Gasteiger partial charge in [-0.1, -0.05) is 0 Å². The van der Waals surface area contributed by atoms with Gasteiger partial charge in [0.15, 0.2) is 0 Å². The number of aromatic amines is 1. The fraction of sp³-hybridized carbons (Fsp3) is 0.211. The standard InChI is InChI=1S/C19H19N7O6Se/c20-19-24-15-14(17(30)25-19)22-10(7-21-15)8-26(33)11-3-1-9(2-4-11)16(29)23-12(18(31)32)5-6-13(27)28/h1-4,7,12,33H,5-6,8H2,(H,23,29)(H,27,28)(H,31,32)(H3,20,21,24,25,30)/t12-/m0/s1. The van der Waals surface area contributed by atoms with E-state index in [0.717, 1.165) is 0 Å². The van der Waals surface area contributed by atoms with Crippen molar-refractivity contribution in [2.75, 3.05) is 9.65 Å². The summed E-state index contributed by atoms with van der Waals surface area (Å²) in [6.07, 6.45) is 0.876. The zero-order valence-electron chi connectivity index (χ0n) is 16.9. The number of nitrogens with two attached hydrogens (primary N) is 1. The molecule has 0 unspecified atom stereocenters. The van der Waals surface area contributed by atoms with E-state index in [-0.39, 0.29) is 42.1 Å². The summed E-state index contributed by atoms with van der Waals surface area (Å²) in [5, 5.41) is 20.2. The quantitative estimate of drug-likeness (QED) is 0.220. The number of carboxylic acid groups (broad SMARTS) is 2. The molecule has 0 radical (unpaired) electrons. The Bertz CT molecular complexity index is 1260. The second kappa shape index (κ2) is 10.1. The van der Waals surface area contributed by atoms with Crippen molar-refractivity contribution in [1.29, 1.82) is 0 Å². The number of carboxylic acids is 2. The van der Waals surface area contributed by atoms with E-state index in [2.05, 4.69) is 41.5 Å². The predicted molar refractivity (Wildman–Crippen MR) is 118 cm³/mol. The summed E-state index contributed by atoms with van der Waals surface area (Å²) in [7, 11) is 0. The van der Waals surface area contributed by atoms with Gasteiger partial charge in [-0.3, -0.25) is 0 Å². The van der Waals surface area contributed by atoms with E-state index in [4.69, 9.17) is 10.8 Å². The van der Waals surface area contributed by atoms with Crippen molar-refractivity contribution in [3.8, 4) is 0 Å². The molecule has 2 heterocycles. The van der Waals surface area contributed by atoms with Gasteiger partial charge < -0.3 is 0 Å². The van der Waals surface area contributed by atoms with Gasteiger partial charge in [-0.15, -0.1) is 0 Å². The van der Waals surface area contributed by atoms with Crippen LogP contribution in [0.15, 0.2) is 35.3 Å². The van der Waals surface area contributed by atoms with Crippen molar-refractivity contribution in [3.63, 3.8) is 0 Å². The maximum atomic E-state index is 12.4. The molecule has 0 aliphatic heterocycles. The van der Waals surface area contributed by atoms with Gasteiger partial charge in [0.2, 0.25) is 0 Å². The Morgan fingerprint density at radius 2 is 1.88 bits per heavy atom. The van der Waals surface area contributed by atoms with Gasteiger partial charge in [0.1, 0.15) is 0 Å². The average Bonchev–Trinajstić information content (AvgIpc) is 2.76. The fourth-order valence-corrected chi connectivity index (χ4v) is 3.43. The van der Waals surface area contributed by atoms with Crippen LogP contribution in [0.25, 0.3) is 11.2 Å². The number of hydrogen-bond acceptors (Lipinski definition) is 9. The van der Waals surface area contributed by atoms with E-state index >= 15 is 0 Å². The van der Waals surface area contributed by atoms with Gasteiger partial charge in [-0.2, -0.15) is 0 Å². The van der Waals surface area contributed by atoms with E-state index in [1.807, 2.05) is 0 Å². The molecular weight excluding hydrogens is 501 g/mol. The Morgan fingerprint density at radius 3 is 2.52 bits per heavy atom. The third kappa shape index (κ3) is 6.02. The Labute approximate surface area is 194 Å². The van der Waals surface area contributed by atoms with Crippen molar-refractivity contribution in [2.45, 2.75) is 25.4 Å². The van der Waals surface area contributed by atoms with Crippen molar-refractivity contribution < 1.29 is 24.6 Å². The second-order valence-corrected chi connectivity index (χ2v) is 7.90. The Kier molecular flexibility index (Phi) is 7.20. The SMILES string of the molecule is Nc1nc(=O)c2nc(CN([SeH])c3ccc(C(=O)N[C@@H](CCC(=O)O)C(=O)O)cc3)cnc2[nH]1. The molecule has 0 saturated heterocycles. The van der Waals surface area contributed by atoms with Gasteiger partial charge in [0, 0.05) is 0 Å². The number of nitrogens with one attached hydrogen (secondary N) is 2. The molecule has 3 aromatic rings. The summed E-state index contributed by atoms with van der Waals surface area (Å²) >= 11 is 2.31.